The van der Waals surface area contributed by atoms with Crippen molar-refractivity contribution in [1.29, 1.82) is 0 Å². The molecule has 1 aliphatic heterocycles. The van der Waals surface area contributed by atoms with Gasteiger partial charge in [0.15, 0.2) is 0 Å². The molecule has 0 aliphatic carbocycles. The van der Waals surface area contributed by atoms with E-state index >= 15 is 0 Å². The van der Waals surface area contributed by atoms with E-state index in [0.29, 0.717) is 0 Å². The molecule has 0 aromatic heterocycles. The van der Waals surface area contributed by atoms with Crippen molar-refractivity contribution >= 4 is 8.56 Å². The van der Waals surface area contributed by atoms with E-state index in [1.807, 2.05) is 0 Å². The second-order valence-corrected chi connectivity index (χ2v) is 8.08. The maximum Gasteiger partial charge on any atom is 0.334 e. The quantitative estimate of drug-likeness (QED) is 0.699. The molecule has 1 heterocycles. The van der Waals surface area contributed by atoms with Crippen LogP contribution in [0.2, 0.25) is 12.6 Å². The van der Waals surface area contributed by atoms with Crippen molar-refractivity contribution in [2.24, 2.45) is 5.92 Å². The van der Waals surface area contributed by atoms with Gasteiger partial charge in [0.05, 0.1) is 0 Å². The molecule has 0 bridgehead atoms. The first kappa shape index (κ1) is 14.2. The molecule has 0 amide bonds. The first-order valence-electron chi connectivity index (χ1n) is 6.69. The Kier molecular flexibility index (Phi) is 6.57. The minimum absolute atomic E-state index is 0.787. The van der Waals surface area contributed by atoms with Crippen molar-refractivity contribution in [3.63, 3.8) is 0 Å². The summed E-state index contributed by atoms with van der Waals surface area (Å²) in [6, 6.07) is 1.15. The van der Waals surface area contributed by atoms with Crippen LogP contribution in [0.25, 0.3) is 0 Å². The third kappa shape index (κ3) is 4.95. The van der Waals surface area contributed by atoms with Gasteiger partial charge in [-0.1, -0.05) is 0 Å². The van der Waals surface area contributed by atoms with Crippen LogP contribution in [-0.4, -0.2) is 34.9 Å². The summed E-state index contributed by atoms with van der Waals surface area (Å²) in [5, 5.41) is 3.41. The molecular weight excluding hydrogens is 218 g/mol. The molecule has 0 unspecified atom stereocenters. The van der Waals surface area contributed by atoms with Crippen LogP contribution in [0.5, 0.6) is 0 Å². The molecule has 0 aromatic carbocycles. The molecule has 0 spiro atoms. The van der Waals surface area contributed by atoms with Crippen LogP contribution in [-0.2, 0) is 8.85 Å². The summed E-state index contributed by atoms with van der Waals surface area (Å²) in [6.45, 7) is 10.3. The second-order valence-electron chi connectivity index (χ2n) is 4.73. The van der Waals surface area contributed by atoms with Crippen molar-refractivity contribution in [1.82, 2.24) is 5.32 Å². The van der Waals surface area contributed by atoms with Gasteiger partial charge in [-0.2, -0.15) is 0 Å². The summed E-state index contributed by atoms with van der Waals surface area (Å²) in [7, 11) is -1.85. The van der Waals surface area contributed by atoms with Gasteiger partial charge in [-0.3, -0.25) is 0 Å². The van der Waals surface area contributed by atoms with E-state index in [9.17, 15) is 0 Å². The Labute approximate surface area is 101 Å². The van der Waals surface area contributed by atoms with E-state index < -0.39 is 8.56 Å². The van der Waals surface area contributed by atoms with E-state index in [1.165, 1.54) is 32.4 Å². The summed E-state index contributed by atoms with van der Waals surface area (Å²) in [5.74, 6) is 0.883. The Bertz CT molecular complexity index is 178. The standard InChI is InChI=1S/C12H27NO2Si/c1-4-14-16(3,15-5-2)11-8-12-6-9-13-10-7-12/h12-13H,4-11H2,1-3H3. The van der Waals surface area contributed by atoms with Crippen LogP contribution < -0.4 is 5.32 Å². The lowest BCUT2D eigenvalue weighted by atomic mass is 9.96. The third-order valence-electron chi connectivity index (χ3n) is 3.36. The summed E-state index contributed by atoms with van der Waals surface area (Å²) in [4.78, 5) is 0. The Morgan fingerprint density at radius 1 is 1.12 bits per heavy atom. The smallest absolute Gasteiger partial charge is 0.334 e. The molecule has 0 aromatic rings. The number of piperidine rings is 1. The van der Waals surface area contributed by atoms with Crippen LogP contribution in [0, 0.1) is 5.92 Å². The molecule has 1 aliphatic rings. The average molecular weight is 245 g/mol. The van der Waals surface area contributed by atoms with Gasteiger partial charge in [-0.15, -0.1) is 0 Å². The van der Waals surface area contributed by atoms with Crippen molar-refractivity contribution < 1.29 is 8.85 Å². The second kappa shape index (κ2) is 7.43. The molecule has 0 radical (unpaired) electrons. The van der Waals surface area contributed by atoms with Gasteiger partial charge in [-0.25, -0.2) is 0 Å². The van der Waals surface area contributed by atoms with E-state index in [-0.39, 0.29) is 0 Å². The first-order valence-corrected chi connectivity index (χ1v) is 9.21. The lowest BCUT2D eigenvalue weighted by Gasteiger charge is -2.29. The van der Waals surface area contributed by atoms with Gasteiger partial charge in [0.25, 0.3) is 0 Å². The molecule has 1 rings (SSSR count). The average Bonchev–Trinajstić information content (AvgIpc) is 2.29. The topological polar surface area (TPSA) is 30.5 Å². The Hall–Kier alpha value is 0.0969. The van der Waals surface area contributed by atoms with Crippen LogP contribution in [0.15, 0.2) is 0 Å². The van der Waals surface area contributed by atoms with Crippen molar-refractivity contribution in [2.45, 2.75) is 45.7 Å². The van der Waals surface area contributed by atoms with Gasteiger partial charge in [0.2, 0.25) is 0 Å². The molecule has 1 N–H and O–H groups in total. The highest BCUT2D eigenvalue weighted by atomic mass is 28.4. The normalized spacial score (nSPS) is 18.9. The Balaban J connectivity index is 2.30. The minimum atomic E-state index is -1.85. The predicted molar refractivity (Wildman–Crippen MR) is 69.9 cm³/mol. The Morgan fingerprint density at radius 2 is 1.69 bits per heavy atom. The van der Waals surface area contributed by atoms with Crippen LogP contribution >= 0.6 is 0 Å². The number of nitrogens with one attached hydrogen (secondary N) is 1. The molecule has 1 saturated heterocycles. The molecule has 96 valence electrons. The first-order chi connectivity index (χ1) is 7.70. The fourth-order valence-electron chi connectivity index (χ4n) is 2.43. The molecule has 0 atom stereocenters. The van der Waals surface area contributed by atoms with Crippen molar-refractivity contribution in [3.05, 3.63) is 0 Å². The largest absolute Gasteiger partial charge is 0.395 e. The predicted octanol–water partition coefficient (Wildman–Crippen LogP) is 2.52. The molecular formula is C12H27NO2Si. The molecule has 16 heavy (non-hydrogen) atoms. The fraction of sp³-hybridized carbons (Fsp3) is 1.00. The zero-order chi connectivity index (χ0) is 11.9. The lowest BCUT2D eigenvalue weighted by Crippen LogP contribution is -2.39. The molecule has 3 nitrogen and oxygen atoms in total. The maximum atomic E-state index is 5.86. The third-order valence-corrected chi connectivity index (χ3v) is 6.36. The number of rotatable bonds is 7. The van der Waals surface area contributed by atoms with Gasteiger partial charge < -0.3 is 14.2 Å². The molecule has 0 saturated carbocycles. The SMILES string of the molecule is CCO[Si](C)(CCC1CCNCC1)OCC. The summed E-state index contributed by atoms with van der Waals surface area (Å²) in [6.07, 6.45) is 3.93. The highest BCUT2D eigenvalue weighted by molar-refractivity contribution is 6.66. The van der Waals surface area contributed by atoms with E-state index in [4.69, 9.17) is 8.85 Å². The zero-order valence-electron chi connectivity index (χ0n) is 11.1. The number of hydrogen-bond acceptors (Lipinski definition) is 3. The number of hydrogen-bond donors (Lipinski definition) is 1. The van der Waals surface area contributed by atoms with Crippen LogP contribution in [0.4, 0.5) is 0 Å². The molecule has 4 heteroatoms. The highest BCUT2D eigenvalue weighted by Crippen LogP contribution is 2.24. The summed E-state index contributed by atoms with van der Waals surface area (Å²) in [5.41, 5.74) is 0. The maximum absolute atomic E-state index is 5.86. The van der Waals surface area contributed by atoms with Crippen molar-refractivity contribution in [3.8, 4) is 0 Å². The highest BCUT2D eigenvalue weighted by Gasteiger charge is 2.31. The van der Waals surface area contributed by atoms with Crippen LogP contribution in [0.3, 0.4) is 0 Å². The minimum Gasteiger partial charge on any atom is -0.395 e. The van der Waals surface area contributed by atoms with Crippen molar-refractivity contribution in [2.75, 3.05) is 26.3 Å². The van der Waals surface area contributed by atoms with E-state index in [1.54, 1.807) is 0 Å². The van der Waals surface area contributed by atoms with Gasteiger partial charge in [0.1, 0.15) is 0 Å². The van der Waals surface area contributed by atoms with Gasteiger partial charge in [0, 0.05) is 13.2 Å². The van der Waals surface area contributed by atoms with E-state index in [0.717, 1.165) is 25.2 Å². The fourth-order valence-corrected chi connectivity index (χ4v) is 4.96. The molecule has 1 fully saturated rings. The van der Waals surface area contributed by atoms with Crippen LogP contribution in [0.1, 0.15) is 33.1 Å². The van der Waals surface area contributed by atoms with E-state index in [2.05, 4.69) is 25.7 Å². The summed E-state index contributed by atoms with van der Waals surface area (Å²) < 4.78 is 11.7. The Morgan fingerprint density at radius 3 is 2.19 bits per heavy atom. The van der Waals surface area contributed by atoms with Gasteiger partial charge in [-0.05, 0) is 64.7 Å². The lowest BCUT2D eigenvalue weighted by molar-refractivity contribution is 0.185. The monoisotopic (exact) mass is 245 g/mol. The zero-order valence-corrected chi connectivity index (χ0v) is 12.1. The summed E-state index contributed by atoms with van der Waals surface area (Å²) >= 11 is 0. The van der Waals surface area contributed by atoms with Gasteiger partial charge >= 0.3 is 8.56 Å².